The lowest BCUT2D eigenvalue weighted by atomic mass is 10.0. The molecule has 1 N–H and O–H groups in total. The van der Waals surface area contributed by atoms with Crippen molar-refractivity contribution < 1.29 is 0 Å². The van der Waals surface area contributed by atoms with Crippen molar-refractivity contribution in [2.45, 2.75) is 32.6 Å². The average molecular weight is 291 g/mol. The van der Waals surface area contributed by atoms with Gasteiger partial charge >= 0.3 is 0 Å². The van der Waals surface area contributed by atoms with E-state index in [4.69, 9.17) is 0 Å². The van der Waals surface area contributed by atoms with Gasteiger partial charge in [-0.2, -0.15) is 0 Å². The van der Waals surface area contributed by atoms with E-state index in [2.05, 4.69) is 29.2 Å². The molecule has 2 nitrogen and oxygen atoms in total. The highest BCUT2D eigenvalue weighted by Gasteiger charge is 2.07. The molecule has 0 spiro atoms. The van der Waals surface area contributed by atoms with Crippen LogP contribution in [0.4, 0.5) is 0 Å². The fourth-order valence-electron chi connectivity index (χ4n) is 2.91. The largest absolute Gasteiger partial charge is 0.358 e. The molecule has 1 heterocycles. The number of unbranched alkanes of at least 4 members (excludes halogenated alkanes) is 1. The van der Waals surface area contributed by atoms with Crippen LogP contribution in [0.1, 0.15) is 29.7 Å². The minimum absolute atomic E-state index is 0.160. The summed E-state index contributed by atoms with van der Waals surface area (Å²) >= 11 is 0. The van der Waals surface area contributed by atoms with Crippen molar-refractivity contribution in [1.29, 1.82) is 0 Å². The summed E-state index contributed by atoms with van der Waals surface area (Å²) in [6.45, 7) is 1.93. The van der Waals surface area contributed by atoms with Crippen LogP contribution in [0.5, 0.6) is 0 Å². The van der Waals surface area contributed by atoms with E-state index in [1.54, 1.807) is 0 Å². The Labute approximate surface area is 130 Å². The number of aromatic nitrogens is 1. The molecule has 0 radical (unpaired) electrons. The van der Waals surface area contributed by atoms with E-state index in [1.807, 2.05) is 37.3 Å². The second-order valence-corrected chi connectivity index (χ2v) is 5.80. The number of hydrogen-bond donors (Lipinski definition) is 1. The van der Waals surface area contributed by atoms with Gasteiger partial charge in [-0.05, 0) is 50.3 Å². The quantitative estimate of drug-likeness (QED) is 0.694. The maximum absolute atomic E-state index is 12.4. The molecular weight excluding hydrogens is 270 g/mol. The number of aromatic amines is 1. The Morgan fingerprint density at radius 3 is 2.36 bits per heavy atom. The third kappa shape index (κ3) is 3.11. The molecule has 112 valence electrons. The van der Waals surface area contributed by atoms with Crippen molar-refractivity contribution in [3.8, 4) is 0 Å². The van der Waals surface area contributed by atoms with E-state index >= 15 is 0 Å². The Bertz CT molecular complexity index is 818. The van der Waals surface area contributed by atoms with E-state index < -0.39 is 0 Å². The molecule has 0 saturated carbocycles. The molecule has 0 unspecified atom stereocenters. The summed E-state index contributed by atoms with van der Waals surface area (Å²) in [5.41, 5.74) is 4.42. The molecule has 2 heteroatoms. The number of rotatable bonds is 5. The number of benzene rings is 2. The van der Waals surface area contributed by atoms with Crippen molar-refractivity contribution in [3.63, 3.8) is 0 Å². The molecule has 0 atom stereocenters. The molecule has 3 rings (SSSR count). The smallest absolute Gasteiger partial charge is 0.192 e. The first-order chi connectivity index (χ1) is 10.8. The molecule has 0 aliphatic carbocycles. The van der Waals surface area contributed by atoms with E-state index in [0.717, 1.165) is 47.8 Å². The molecule has 2 aromatic carbocycles. The van der Waals surface area contributed by atoms with Gasteiger partial charge in [-0.15, -0.1) is 0 Å². The predicted molar refractivity (Wildman–Crippen MR) is 92.4 cm³/mol. The van der Waals surface area contributed by atoms with Crippen LogP contribution in [-0.4, -0.2) is 4.98 Å². The van der Waals surface area contributed by atoms with Crippen LogP contribution < -0.4 is 5.43 Å². The van der Waals surface area contributed by atoms with Gasteiger partial charge in [0.05, 0.1) is 0 Å². The van der Waals surface area contributed by atoms with Crippen molar-refractivity contribution in [3.05, 3.63) is 81.6 Å². The van der Waals surface area contributed by atoms with Crippen LogP contribution in [-0.2, 0) is 12.8 Å². The molecule has 0 bridgehead atoms. The Kier molecular flexibility index (Phi) is 4.38. The topological polar surface area (TPSA) is 32.9 Å². The van der Waals surface area contributed by atoms with Gasteiger partial charge in [0.15, 0.2) is 5.43 Å². The lowest BCUT2D eigenvalue weighted by Gasteiger charge is -2.08. The summed E-state index contributed by atoms with van der Waals surface area (Å²) in [5.74, 6) is 0. The predicted octanol–water partition coefficient (Wildman–Crippen LogP) is 4.40. The van der Waals surface area contributed by atoms with Gasteiger partial charge in [0, 0.05) is 22.2 Å². The minimum Gasteiger partial charge on any atom is -0.358 e. The maximum atomic E-state index is 12.4. The van der Waals surface area contributed by atoms with Crippen LogP contribution in [0, 0.1) is 6.92 Å². The van der Waals surface area contributed by atoms with Crippen LogP contribution in [0.25, 0.3) is 10.9 Å². The zero-order valence-corrected chi connectivity index (χ0v) is 12.9. The Morgan fingerprint density at radius 1 is 0.864 bits per heavy atom. The highest BCUT2D eigenvalue weighted by atomic mass is 16.1. The standard InChI is InChI=1S/C20H21NO/c1-15-18(13-7-5-11-16-9-3-2-4-10-16)21-19-14-8-6-12-17(19)20(15)22/h2-4,6,8-10,12,14H,5,7,11,13H2,1H3,(H,21,22). The molecule has 0 aliphatic rings. The van der Waals surface area contributed by atoms with Crippen LogP contribution >= 0.6 is 0 Å². The van der Waals surface area contributed by atoms with E-state index in [-0.39, 0.29) is 5.43 Å². The highest BCUT2D eigenvalue weighted by molar-refractivity contribution is 5.79. The molecule has 0 saturated heterocycles. The zero-order valence-electron chi connectivity index (χ0n) is 12.9. The number of hydrogen-bond acceptors (Lipinski definition) is 1. The summed E-state index contributed by atoms with van der Waals surface area (Å²) < 4.78 is 0. The normalized spacial score (nSPS) is 11.0. The first-order valence-corrected chi connectivity index (χ1v) is 7.90. The first kappa shape index (κ1) is 14.6. The average Bonchev–Trinajstić information content (AvgIpc) is 2.57. The summed E-state index contributed by atoms with van der Waals surface area (Å²) in [6.07, 6.45) is 4.25. The summed E-state index contributed by atoms with van der Waals surface area (Å²) in [5, 5.41) is 0.785. The number of fused-ring (bicyclic) bond motifs is 1. The van der Waals surface area contributed by atoms with Crippen LogP contribution in [0.15, 0.2) is 59.4 Å². The second kappa shape index (κ2) is 6.61. The van der Waals surface area contributed by atoms with Gasteiger partial charge in [0.2, 0.25) is 0 Å². The van der Waals surface area contributed by atoms with Crippen LogP contribution in [0.3, 0.4) is 0 Å². The van der Waals surface area contributed by atoms with E-state index in [1.165, 1.54) is 5.56 Å². The van der Waals surface area contributed by atoms with Crippen molar-refractivity contribution >= 4 is 10.9 Å². The van der Waals surface area contributed by atoms with Gasteiger partial charge in [-0.3, -0.25) is 4.79 Å². The van der Waals surface area contributed by atoms with E-state index in [0.29, 0.717) is 0 Å². The summed E-state index contributed by atoms with van der Waals surface area (Å²) in [4.78, 5) is 15.8. The van der Waals surface area contributed by atoms with Gasteiger partial charge in [-0.25, -0.2) is 0 Å². The number of pyridine rings is 1. The third-order valence-electron chi connectivity index (χ3n) is 4.24. The summed E-state index contributed by atoms with van der Waals surface area (Å²) in [7, 11) is 0. The van der Waals surface area contributed by atoms with Gasteiger partial charge in [0.25, 0.3) is 0 Å². The monoisotopic (exact) mass is 291 g/mol. The zero-order chi connectivity index (χ0) is 15.4. The molecule has 3 aromatic rings. The van der Waals surface area contributed by atoms with Crippen molar-refractivity contribution in [1.82, 2.24) is 4.98 Å². The Morgan fingerprint density at radius 2 is 1.55 bits per heavy atom. The Hall–Kier alpha value is -2.35. The van der Waals surface area contributed by atoms with Crippen LogP contribution in [0.2, 0.25) is 0 Å². The van der Waals surface area contributed by atoms with E-state index in [9.17, 15) is 4.79 Å². The lowest BCUT2D eigenvalue weighted by molar-refractivity contribution is 0.721. The summed E-state index contributed by atoms with van der Waals surface area (Å²) in [6, 6.07) is 18.3. The molecule has 0 amide bonds. The second-order valence-electron chi connectivity index (χ2n) is 5.80. The number of nitrogens with one attached hydrogen (secondary N) is 1. The van der Waals surface area contributed by atoms with Gasteiger partial charge in [0.1, 0.15) is 0 Å². The SMILES string of the molecule is Cc1c(CCCCc2ccccc2)[nH]c2ccccc2c1=O. The number of aryl methyl sites for hydroxylation is 2. The lowest BCUT2D eigenvalue weighted by Crippen LogP contribution is -2.11. The first-order valence-electron chi connectivity index (χ1n) is 7.90. The minimum atomic E-state index is 0.160. The van der Waals surface area contributed by atoms with Crippen molar-refractivity contribution in [2.24, 2.45) is 0 Å². The van der Waals surface area contributed by atoms with Gasteiger partial charge < -0.3 is 4.98 Å². The molecule has 0 fully saturated rings. The molecular formula is C20H21NO. The number of H-pyrrole nitrogens is 1. The Balaban J connectivity index is 1.69. The highest BCUT2D eigenvalue weighted by Crippen LogP contribution is 2.14. The third-order valence-corrected chi connectivity index (χ3v) is 4.24. The molecule has 1 aromatic heterocycles. The van der Waals surface area contributed by atoms with Crippen molar-refractivity contribution in [2.75, 3.05) is 0 Å². The maximum Gasteiger partial charge on any atom is 0.192 e. The fraction of sp³-hybridized carbons (Fsp3) is 0.250. The fourth-order valence-corrected chi connectivity index (χ4v) is 2.91. The molecule has 22 heavy (non-hydrogen) atoms. The number of para-hydroxylation sites is 1. The van der Waals surface area contributed by atoms with Gasteiger partial charge in [-0.1, -0.05) is 42.5 Å². The molecule has 0 aliphatic heterocycles.